The number of hydrogen-bond donors (Lipinski definition) is 2. The third kappa shape index (κ3) is 6.49. The van der Waals surface area contributed by atoms with E-state index < -0.39 is 20.0 Å². The van der Waals surface area contributed by atoms with Gasteiger partial charge < -0.3 is 0 Å². The first-order chi connectivity index (χ1) is 21.5. The molecule has 2 N–H and O–H groups in total. The minimum Gasteiger partial charge on any atom is -0.295 e. The van der Waals surface area contributed by atoms with E-state index in [1.165, 1.54) is 25.2 Å². The van der Waals surface area contributed by atoms with E-state index in [2.05, 4.69) is 19.6 Å². The van der Waals surface area contributed by atoms with Gasteiger partial charge in [-0.1, -0.05) is 29.5 Å². The topological polar surface area (TPSA) is 157 Å². The van der Waals surface area contributed by atoms with Gasteiger partial charge in [-0.3, -0.25) is 14.2 Å². The summed E-state index contributed by atoms with van der Waals surface area (Å²) in [7, 11) is -7.11. The Hall–Kier alpha value is -3.56. The molecule has 0 aliphatic heterocycles. The molecule has 242 valence electrons. The number of allylic oxidation sites excluding steroid dienone is 2. The van der Waals surface area contributed by atoms with Crippen molar-refractivity contribution in [3.8, 4) is 5.13 Å². The summed E-state index contributed by atoms with van der Waals surface area (Å²) in [4.78, 5) is 24.0. The Morgan fingerprint density at radius 2 is 1.43 bits per heavy atom. The van der Waals surface area contributed by atoms with Gasteiger partial charge in [0.1, 0.15) is 5.01 Å². The second-order valence-electron chi connectivity index (χ2n) is 12.8. The van der Waals surface area contributed by atoms with Crippen molar-refractivity contribution in [3.63, 3.8) is 0 Å². The van der Waals surface area contributed by atoms with Gasteiger partial charge in [0.15, 0.2) is 11.6 Å². The van der Waals surface area contributed by atoms with Gasteiger partial charge >= 0.3 is 0 Å². The number of benzene rings is 2. The van der Waals surface area contributed by atoms with Crippen molar-refractivity contribution < 1.29 is 26.4 Å². The second kappa shape index (κ2) is 11.3. The van der Waals surface area contributed by atoms with Crippen LogP contribution in [0.1, 0.15) is 79.9 Å². The van der Waals surface area contributed by atoms with Gasteiger partial charge in [0, 0.05) is 33.8 Å². The molecular formula is C32H35N5O6S3. The summed E-state index contributed by atoms with van der Waals surface area (Å²) < 4.78 is 57.3. The van der Waals surface area contributed by atoms with Crippen molar-refractivity contribution in [1.82, 2.24) is 24.2 Å². The molecule has 7 rings (SSSR count). The molecule has 3 aliphatic carbocycles. The van der Waals surface area contributed by atoms with Gasteiger partial charge in [-0.25, -0.2) is 26.3 Å². The number of rotatable bonds is 9. The number of nitrogens with zero attached hydrogens (tertiary/aromatic N) is 3. The Kier molecular flexibility index (Phi) is 7.96. The van der Waals surface area contributed by atoms with Crippen LogP contribution in [0.5, 0.6) is 0 Å². The van der Waals surface area contributed by atoms with Crippen LogP contribution in [0.25, 0.3) is 21.6 Å². The summed E-state index contributed by atoms with van der Waals surface area (Å²) in [5.74, 6) is -0.0721. The fourth-order valence-corrected chi connectivity index (χ4v) is 9.04. The highest BCUT2D eigenvalue weighted by Gasteiger charge is 2.42. The number of ketones is 2. The third-order valence-electron chi connectivity index (χ3n) is 8.53. The Balaban J connectivity index is 0.000000167. The van der Waals surface area contributed by atoms with Crippen molar-refractivity contribution in [3.05, 3.63) is 70.4 Å². The van der Waals surface area contributed by atoms with Crippen molar-refractivity contribution in [2.24, 2.45) is 0 Å². The molecule has 2 heterocycles. The predicted octanol–water partition coefficient (Wildman–Crippen LogP) is 4.87. The molecule has 2 aromatic heterocycles. The van der Waals surface area contributed by atoms with E-state index in [9.17, 15) is 26.4 Å². The molecule has 0 atom stereocenters. The molecule has 46 heavy (non-hydrogen) atoms. The van der Waals surface area contributed by atoms with Gasteiger partial charge in [-0.05, 0) is 102 Å². The van der Waals surface area contributed by atoms with Gasteiger partial charge in [-0.15, -0.1) is 10.2 Å². The first kappa shape index (κ1) is 32.4. The first-order valence-electron chi connectivity index (χ1n) is 14.9. The highest BCUT2D eigenvalue weighted by molar-refractivity contribution is 7.89. The zero-order valence-electron chi connectivity index (χ0n) is 26.2. The SMILES string of the molecule is CC(=O)C1=CCc2cc(S(=O)(=O)NC3(C)CC3)ccc21.CC(=O)c1cn(-c2nnc(C)s2)c2cc(S(=O)(=O)NC3(C)CC3)ccc12. The van der Waals surface area contributed by atoms with Crippen LogP contribution in [0.2, 0.25) is 0 Å². The summed E-state index contributed by atoms with van der Waals surface area (Å²) in [6.07, 6.45) is 7.61. The molecule has 4 aromatic rings. The van der Waals surface area contributed by atoms with E-state index in [0.717, 1.165) is 41.8 Å². The van der Waals surface area contributed by atoms with E-state index >= 15 is 0 Å². The number of aromatic nitrogens is 3. The van der Waals surface area contributed by atoms with E-state index in [0.29, 0.717) is 33.6 Å². The molecule has 11 nitrogen and oxygen atoms in total. The lowest BCUT2D eigenvalue weighted by atomic mass is 10.0. The van der Waals surface area contributed by atoms with Crippen molar-refractivity contribution in [1.29, 1.82) is 0 Å². The standard InChI is InChI=1S/C17H18N4O3S2.C15H17NO3S/c1-10(22)14-9-21(16-19-18-11(2)25-16)15-8-12(4-5-13(14)15)26(23,24)20-17(3)6-7-17;1-10(17)13-5-3-11-9-12(4-6-14(11)13)20(18,19)16-15(2)7-8-15/h4-5,8-9,20H,6-7H2,1-3H3;4-6,9,16H,3,7-8H2,1-2H3. The normalized spacial score (nSPS) is 17.5. The maximum Gasteiger partial charge on any atom is 0.241 e. The summed E-state index contributed by atoms with van der Waals surface area (Å²) in [5, 5.41) is 10.2. The first-order valence-corrected chi connectivity index (χ1v) is 18.7. The summed E-state index contributed by atoms with van der Waals surface area (Å²) in [5.41, 5.74) is 2.96. The van der Waals surface area contributed by atoms with Gasteiger partial charge in [0.2, 0.25) is 25.2 Å². The van der Waals surface area contributed by atoms with Crippen LogP contribution in [0.3, 0.4) is 0 Å². The molecular weight excluding hydrogens is 647 g/mol. The fourth-order valence-electron chi connectivity index (χ4n) is 5.37. The highest BCUT2D eigenvalue weighted by atomic mass is 32.2. The lowest BCUT2D eigenvalue weighted by Crippen LogP contribution is -2.34. The average Bonchev–Trinajstić information content (AvgIpc) is 3.64. The summed E-state index contributed by atoms with van der Waals surface area (Å²) in [6.45, 7) is 8.66. The van der Waals surface area contributed by atoms with Crippen molar-refractivity contribution >= 4 is 59.4 Å². The molecule has 0 radical (unpaired) electrons. The van der Waals surface area contributed by atoms with Gasteiger partial charge in [0.05, 0.1) is 15.3 Å². The molecule has 0 amide bonds. The van der Waals surface area contributed by atoms with E-state index in [4.69, 9.17) is 0 Å². The average molecular weight is 682 g/mol. The number of aryl methyl sites for hydroxylation is 1. The Morgan fingerprint density at radius 1 is 0.848 bits per heavy atom. The highest BCUT2D eigenvalue weighted by Crippen LogP contribution is 2.38. The van der Waals surface area contributed by atoms with Crippen LogP contribution in [-0.4, -0.2) is 54.2 Å². The number of nitrogens with one attached hydrogen (secondary N) is 2. The van der Waals surface area contributed by atoms with Crippen LogP contribution < -0.4 is 9.44 Å². The lowest BCUT2D eigenvalue weighted by Gasteiger charge is -2.13. The molecule has 2 saturated carbocycles. The number of carbonyl (C=O) groups is 2. The maximum absolute atomic E-state index is 12.7. The van der Waals surface area contributed by atoms with Crippen LogP contribution >= 0.6 is 11.3 Å². The quantitative estimate of drug-likeness (QED) is 0.237. The fraction of sp³-hybridized carbons (Fsp3) is 0.375. The van der Waals surface area contributed by atoms with Crippen molar-refractivity contribution in [2.75, 3.05) is 0 Å². The Labute approximate surface area is 272 Å². The number of hydrogen-bond acceptors (Lipinski definition) is 9. The summed E-state index contributed by atoms with van der Waals surface area (Å²) >= 11 is 1.38. The predicted molar refractivity (Wildman–Crippen MR) is 176 cm³/mol. The number of sulfonamides is 2. The van der Waals surface area contributed by atoms with E-state index in [1.807, 2.05) is 26.8 Å². The van der Waals surface area contributed by atoms with Crippen molar-refractivity contribution in [2.45, 2.75) is 87.6 Å². The molecule has 0 bridgehead atoms. The smallest absolute Gasteiger partial charge is 0.241 e. The largest absolute Gasteiger partial charge is 0.295 e. The van der Waals surface area contributed by atoms with Gasteiger partial charge in [-0.2, -0.15) is 0 Å². The molecule has 0 saturated heterocycles. The number of carbonyl (C=O) groups excluding carboxylic acids is 2. The zero-order valence-corrected chi connectivity index (χ0v) is 28.6. The van der Waals surface area contributed by atoms with E-state index in [1.54, 1.807) is 47.2 Å². The number of Topliss-reactive ketones (excluding diaryl/α,β-unsaturated/α-hetero) is 2. The molecule has 3 aliphatic rings. The number of fused-ring (bicyclic) bond motifs is 2. The van der Waals surface area contributed by atoms with Crippen LogP contribution in [0, 0.1) is 6.92 Å². The molecule has 0 unspecified atom stereocenters. The summed E-state index contributed by atoms with van der Waals surface area (Å²) in [6, 6.07) is 9.80. The second-order valence-corrected chi connectivity index (χ2v) is 17.3. The van der Waals surface area contributed by atoms with E-state index in [-0.39, 0.29) is 32.4 Å². The molecule has 0 spiro atoms. The monoisotopic (exact) mass is 681 g/mol. The third-order valence-corrected chi connectivity index (χ3v) is 12.6. The lowest BCUT2D eigenvalue weighted by molar-refractivity contribution is -0.111. The molecule has 2 fully saturated rings. The molecule has 2 aromatic carbocycles. The minimum atomic E-state index is -3.63. The maximum atomic E-state index is 12.7. The van der Waals surface area contributed by atoms with Gasteiger partial charge in [0.25, 0.3) is 0 Å². The zero-order chi connectivity index (χ0) is 33.2. The Bertz CT molecular complexity index is 2170. The van der Waals surface area contributed by atoms with Crippen LogP contribution in [0.4, 0.5) is 0 Å². The minimum absolute atomic E-state index is 0.0166. The van der Waals surface area contributed by atoms with Crippen LogP contribution in [0.15, 0.2) is 58.5 Å². The molecule has 14 heteroatoms. The van der Waals surface area contributed by atoms with Crippen LogP contribution in [-0.2, 0) is 31.3 Å². The Morgan fingerprint density at radius 3 is 1.96 bits per heavy atom.